The van der Waals surface area contributed by atoms with Gasteiger partial charge in [0.15, 0.2) is 0 Å². The summed E-state index contributed by atoms with van der Waals surface area (Å²) in [5.74, 6) is 0. The fraction of sp³-hybridized carbons (Fsp3) is 0. The molecule has 0 aliphatic heterocycles. The van der Waals surface area contributed by atoms with Gasteiger partial charge in [-0.25, -0.2) is 0 Å². The highest BCUT2D eigenvalue weighted by Gasteiger charge is 2.14. The molecule has 0 unspecified atom stereocenters. The topological polar surface area (TPSA) is 29.5 Å². The summed E-state index contributed by atoms with van der Waals surface area (Å²) in [6.45, 7) is 0. The van der Waals surface area contributed by atoms with Crippen molar-refractivity contribution in [2.45, 2.75) is 0 Å². The summed E-state index contributed by atoms with van der Waals surface area (Å²) in [6.07, 6.45) is 0. The zero-order valence-corrected chi connectivity index (χ0v) is 24.4. The Labute approximate surface area is 260 Å². The molecule has 9 aromatic rings. The number of hydrogen-bond acceptors (Lipinski definition) is 3. The molecule has 0 bridgehead atoms. The van der Waals surface area contributed by atoms with Crippen molar-refractivity contribution in [1.82, 2.24) is 0 Å². The van der Waals surface area contributed by atoms with Crippen molar-refractivity contribution >= 4 is 60.9 Å². The summed E-state index contributed by atoms with van der Waals surface area (Å²) in [5.41, 5.74) is 11.6. The summed E-state index contributed by atoms with van der Waals surface area (Å²) >= 11 is 0. The molecule has 0 saturated carbocycles. The van der Waals surface area contributed by atoms with Crippen LogP contribution in [0.1, 0.15) is 0 Å². The molecular weight excluding hydrogens is 550 g/mol. The predicted octanol–water partition coefficient (Wildman–Crippen LogP) is 12.3. The van der Waals surface area contributed by atoms with Gasteiger partial charge < -0.3 is 13.7 Å². The maximum absolute atomic E-state index is 6.05. The molecule has 0 aliphatic carbocycles. The molecule has 0 atom stereocenters. The Bertz CT molecular complexity index is 2310. The Morgan fingerprint density at radius 1 is 0.289 bits per heavy atom. The Kier molecular flexibility index (Phi) is 5.82. The van der Waals surface area contributed by atoms with Crippen molar-refractivity contribution < 1.29 is 8.83 Å². The largest absolute Gasteiger partial charge is 0.456 e. The number of para-hydroxylation sites is 3. The van der Waals surface area contributed by atoms with Gasteiger partial charge in [-0.1, -0.05) is 91.0 Å². The van der Waals surface area contributed by atoms with Crippen LogP contribution in [0.4, 0.5) is 17.1 Å². The van der Waals surface area contributed by atoms with E-state index in [1.807, 2.05) is 24.3 Å². The molecule has 0 radical (unpaired) electrons. The van der Waals surface area contributed by atoms with E-state index >= 15 is 0 Å². The monoisotopic (exact) mass is 577 g/mol. The minimum atomic E-state index is 0.910. The van der Waals surface area contributed by atoms with Crippen molar-refractivity contribution in [3.05, 3.63) is 164 Å². The van der Waals surface area contributed by atoms with Crippen LogP contribution in [-0.4, -0.2) is 0 Å². The van der Waals surface area contributed by atoms with Gasteiger partial charge in [0.1, 0.15) is 22.3 Å². The van der Waals surface area contributed by atoms with Gasteiger partial charge >= 0.3 is 0 Å². The summed E-state index contributed by atoms with van der Waals surface area (Å²) in [4.78, 5) is 2.30. The second-order valence-corrected chi connectivity index (χ2v) is 11.4. The lowest BCUT2D eigenvalue weighted by molar-refractivity contribution is 0.668. The second-order valence-electron chi connectivity index (χ2n) is 11.4. The van der Waals surface area contributed by atoms with Crippen LogP contribution in [0.3, 0.4) is 0 Å². The minimum Gasteiger partial charge on any atom is -0.456 e. The zero-order valence-electron chi connectivity index (χ0n) is 24.4. The first-order valence-corrected chi connectivity index (χ1v) is 15.2. The Morgan fingerprint density at radius 2 is 0.667 bits per heavy atom. The Balaban J connectivity index is 1.07. The highest BCUT2D eigenvalue weighted by atomic mass is 16.3. The fourth-order valence-electron chi connectivity index (χ4n) is 6.44. The maximum atomic E-state index is 6.05. The molecule has 0 fully saturated rings. The predicted molar refractivity (Wildman–Crippen MR) is 187 cm³/mol. The fourth-order valence-corrected chi connectivity index (χ4v) is 6.44. The normalized spacial score (nSPS) is 11.6. The zero-order chi connectivity index (χ0) is 29.7. The van der Waals surface area contributed by atoms with E-state index in [0.717, 1.165) is 72.1 Å². The quantitative estimate of drug-likeness (QED) is 0.204. The van der Waals surface area contributed by atoms with Crippen molar-refractivity contribution in [3.63, 3.8) is 0 Å². The Morgan fingerprint density at radius 3 is 1.16 bits per heavy atom. The lowest BCUT2D eigenvalue weighted by atomic mass is 10.0. The number of benzene rings is 7. The van der Waals surface area contributed by atoms with Crippen molar-refractivity contribution in [3.8, 4) is 22.3 Å². The van der Waals surface area contributed by atoms with Gasteiger partial charge in [-0.2, -0.15) is 0 Å². The van der Waals surface area contributed by atoms with E-state index in [1.165, 1.54) is 11.1 Å². The van der Waals surface area contributed by atoms with Crippen LogP contribution in [0.25, 0.3) is 66.1 Å². The number of hydrogen-bond donors (Lipinski definition) is 0. The molecule has 3 nitrogen and oxygen atoms in total. The number of nitrogens with zero attached hydrogens (tertiary/aromatic N) is 1. The number of anilines is 3. The summed E-state index contributed by atoms with van der Waals surface area (Å²) in [5, 5.41) is 4.56. The first kappa shape index (κ1) is 25.4. The minimum absolute atomic E-state index is 0.910. The van der Waals surface area contributed by atoms with E-state index in [4.69, 9.17) is 8.83 Å². The van der Waals surface area contributed by atoms with Crippen LogP contribution < -0.4 is 4.90 Å². The van der Waals surface area contributed by atoms with Gasteiger partial charge in [0, 0.05) is 38.6 Å². The molecule has 3 heteroatoms. The van der Waals surface area contributed by atoms with Crippen LogP contribution in [0.15, 0.2) is 173 Å². The smallest absolute Gasteiger partial charge is 0.135 e. The molecule has 0 saturated heterocycles. The molecule has 0 amide bonds. The maximum Gasteiger partial charge on any atom is 0.135 e. The van der Waals surface area contributed by atoms with E-state index < -0.39 is 0 Å². The number of fused-ring (bicyclic) bond motifs is 6. The molecule has 0 spiro atoms. The molecule has 9 rings (SSSR count). The van der Waals surface area contributed by atoms with Crippen molar-refractivity contribution in [2.24, 2.45) is 0 Å². The third kappa shape index (κ3) is 4.37. The highest BCUT2D eigenvalue weighted by Crippen LogP contribution is 2.38. The first-order chi connectivity index (χ1) is 22.3. The standard InChI is InChI=1S/C42H27NO2/c1-2-8-32(9-3-1)43(33-20-14-28(15-21-33)30-18-24-41-37(26-30)35-10-4-6-12-39(35)44-41)34-22-16-29(17-23-34)31-19-25-42-38(27-31)36-11-5-7-13-40(36)45-42/h1-27H. The lowest BCUT2D eigenvalue weighted by Gasteiger charge is -2.26. The average molecular weight is 578 g/mol. The van der Waals surface area contributed by atoms with Gasteiger partial charge in [-0.15, -0.1) is 0 Å². The van der Waals surface area contributed by atoms with Gasteiger partial charge in [0.2, 0.25) is 0 Å². The van der Waals surface area contributed by atoms with Gasteiger partial charge in [0.25, 0.3) is 0 Å². The second kappa shape index (κ2) is 10.3. The van der Waals surface area contributed by atoms with E-state index in [-0.39, 0.29) is 0 Å². The van der Waals surface area contributed by atoms with Crippen LogP contribution >= 0.6 is 0 Å². The first-order valence-electron chi connectivity index (χ1n) is 15.2. The van der Waals surface area contributed by atoms with Crippen LogP contribution in [-0.2, 0) is 0 Å². The van der Waals surface area contributed by atoms with Gasteiger partial charge in [-0.05, 0) is 95.1 Å². The van der Waals surface area contributed by atoms with Gasteiger partial charge in [0.05, 0.1) is 0 Å². The molecule has 2 heterocycles. The van der Waals surface area contributed by atoms with Gasteiger partial charge in [-0.3, -0.25) is 0 Å². The van der Waals surface area contributed by atoms with E-state index in [9.17, 15) is 0 Å². The lowest BCUT2D eigenvalue weighted by Crippen LogP contribution is -2.09. The molecule has 7 aromatic carbocycles. The van der Waals surface area contributed by atoms with E-state index in [2.05, 4.69) is 144 Å². The average Bonchev–Trinajstić information content (AvgIpc) is 3.67. The third-order valence-corrected chi connectivity index (χ3v) is 8.69. The Hall–Kier alpha value is -6.06. The van der Waals surface area contributed by atoms with E-state index in [0.29, 0.717) is 0 Å². The molecule has 0 aliphatic rings. The molecule has 45 heavy (non-hydrogen) atoms. The van der Waals surface area contributed by atoms with Crippen LogP contribution in [0.2, 0.25) is 0 Å². The molecular formula is C42H27NO2. The summed E-state index contributed by atoms with van der Waals surface area (Å²) in [6, 6.07) is 57.4. The van der Waals surface area contributed by atoms with E-state index in [1.54, 1.807) is 0 Å². The van der Waals surface area contributed by atoms with Crippen LogP contribution in [0.5, 0.6) is 0 Å². The molecule has 212 valence electrons. The highest BCUT2D eigenvalue weighted by molar-refractivity contribution is 6.07. The summed E-state index contributed by atoms with van der Waals surface area (Å²) < 4.78 is 12.1. The third-order valence-electron chi connectivity index (χ3n) is 8.69. The molecule has 0 N–H and O–H groups in total. The van der Waals surface area contributed by atoms with Crippen LogP contribution in [0, 0.1) is 0 Å². The number of furan rings is 2. The molecule has 2 aromatic heterocycles. The van der Waals surface area contributed by atoms with Crippen molar-refractivity contribution in [1.29, 1.82) is 0 Å². The summed E-state index contributed by atoms with van der Waals surface area (Å²) in [7, 11) is 0. The van der Waals surface area contributed by atoms with Crippen molar-refractivity contribution in [2.75, 3.05) is 4.90 Å². The number of rotatable bonds is 5. The SMILES string of the molecule is c1ccc(N(c2ccc(-c3ccc4oc5ccccc5c4c3)cc2)c2ccc(-c3ccc4oc5ccccc5c4c3)cc2)cc1.